The molecule has 19 heavy (non-hydrogen) atoms. The number of hydrogen-bond donors (Lipinski definition) is 1. The van der Waals surface area contributed by atoms with Crippen LogP contribution in [0.2, 0.25) is 0 Å². The summed E-state index contributed by atoms with van der Waals surface area (Å²) in [4.78, 5) is 13.3. The van der Waals surface area contributed by atoms with Crippen molar-refractivity contribution in [2.45, 2.75) is 12.8 Å². The highest BCUT2D eigenvalue weighted by Crippen LogP contribution is 2.25. The summed E-state index contributed by atoms with van der Waals surface area (Å²) >= 11 is 0. The number of carbonyl (C=O) groups is 1. The van der Waals surface area contributed by atoms with Gasteiger partial charge < -0.3 is 20.1 Å². The molecule has 1 amide bonds. The van der Waals surface area contributed by atoms with Gasteiger partial charge in [0, 0.05) is 13.5 Å². The van der Waals surface area contributed by atoms with Crippen molar-refractivity contribution in [3.8, 4) is 11.5 Å². The minimum atomic E-state index is 0.0917. The van der Waals surface area contributed by atoms with Crippen molar-refractivity contribution in [1.29, 1.82) is 0 Å². The van der Waals surface area contributed by atoms with Crippen LogP contribution in [0.3, 0.4) is 0 Å². The number of ether oxygens (including phenoxy) is 2. The molecular weight excluding hydrogens is 244 g/mol. The lowest BCUT2D eigenvalue weighted by atomic mass is 10.3. The Labute approximate surface area is 114 Å². The van der Waals surface area contributed by atoms with E-state index in [4.69, 9.17) is 15.2 Å². The molecule has 0 aromatic heterocycles. The predicted molar refractivity (Wildman–Crippen MR) is 74.4 cm³/mol. The molecule has 1 rings (SSSR count). The van der Waals surface area contributed by atoms with E-state index in [0.717, 1.165) is 6.42 Å². The Morgan fingerprint density at radius 1 is 1.32 bits per heavy atom. The third kappa shape index (κ3) is 5.18. The first-order valence-electron chi connectivity index (χ1n) is 6.39. The number of nitrogens with two attached hydrogens (primary N) is 1. The van der Waals surface area contributed by atoms with Crippen LogP contribution in [-0.2, 0) is 4.79 Å². The molecule has 5 nitrogen and oxygen atoms in total. The summed E-state index contributed by atoms with van der Waals surface area (Å²) in [6.45, 7) is 1.52. The first-order valence-corrected chi connectivity index (χ1v) is 6.39. The largest absolute Gasteiger partial charge is 0.493 e. The Morgan fingerprint density at radius 3 is 2.63 bits per heavy atom. The highest BCUT2D eigenvalue weighted by atomic mass is 16.5. The van der Waals surface area contributed by atoms with Crippen molar-refractivity contribution in [2.75, 3.05) is 33.9 Å². The van der Waals surface area contributed by atoms with Crippen molar-refractivity contribution < 1.29 is 14.3 Å². The van der Waals surface area contributed by atoms with Crippen molar-refractivity contribution >= 4 is 5.91 Å². The predicted octanol–water partition coefficient (Wildman–Crippen LogP) is 1.27. The van der Waals surface area contributed by atoms with E-state index in [0.29, 0.717) is 37.6 Å². The minimum Gasteiger partial charge on any atom is -0.493 e. The van der Waals surface area contributed by atoms with E-state index >= 15 is 0 Å². The fraction of sp³-hybridized carbons (Fsp3) is 0.500. The molecule has 0 aliphatic rings. The third-order valence-corrected chi connectivity index (χ3v) is 2.77. The number of carbonyl (C=O) groups excluding carboxylic acids is 1. The van der Waals surface area contributed by atoms with Crippen LogP contribution in [0.5, 0.6) is 11.5 Å². The molecule has 0 fully saturated rings. The van der Waals surface area contributed by atoms with E-state index in [2.05, 4.69) is 0 Å². The summed E-state index contributed by atoms with van der Waals surface area (Å²) < 4.78 is 10.8. The number of likely N-dealkylation sites (N-methyl/N-ethyl adjacent to an activating group) is 1. The van der Waals surface area contributed by atoms with Crippen molar-refractivity contribution in [3.63, 3.8) is 0 Å². The van der Waals surface area contributed by atoms with Crippen LogP contribution in [-0.4, -0.2) is 44.7 Å². The number of rotatable bonds is 8. The molecule has 2 N–H and O–H groups in total. The molecule has 0 radical (unpaired) electrons. The summed E-state index contributed by atoms with van der Waals surface area (Å²) in [6, 6.07) is 7.45. The van der Waals surface area contributed by atoms with Gasteiger partial charge in [-0.2, -0.15) is 0 Å². The van der Waals surface area contributed by atoms with E-state index in [1.54, 1.807) is 19.1 Å². The van der Waals surface area contributed by atoms with Gasteiger partial charge in [0.05, 0.1) is 13.7 Å². The monoisotopic (exact) mass is 266 g/mol. The number of nitrogens with zero attached hydrogens (tertiary/aromatic N) is 1. The third-order valence-electron chi connectivity index (χ3n) is 2.77. The van der Waals surface area contributed by atoms with Crippen LogP contribution >= 0.6 is 0 Å². The lowest BCUT2D eigenvalue weighted by Gasteiger charge is -2.18. The summed E-state index contributed by atoms with van der Waals surface area (Å²) in [7, 11) is 3.37. The molecule has 0 heterocycles. The van der Waals surface area contributed by atoms with Crippen LogP contribution < -0.4 is 15.2 Å². The highest BCUT2D eigenvalue weighted by Gasteiger charge is 2.08. The fourth-order valence-corrected chi connectivity index (χ4v) is 1.60. The van der Waals surface area contributed by atoms with Gasteiger partial charge >= 0.3 is 0 Å². The zero-order valence-electron chi connectivity index (χ0n) is 11.6. The molecule has 0 aliphatic carbocycles. The first-order chi connectivity index (χ1) is 9.19. The number of para-hydroxylation sites is 2. The van der Waals surface area contributed by atoms with Gasteiger partial charge in [-0.3, -0.25) is 4.79 Å². The van der Waals surface area contributed by atoms with Crippen molar-refractivity contribution in [2.24, 2.45) is 5.73 Å². The molecule has 0 spiro atoms. The van der Waals surface area contributed by atoms with Crippen LogP contribution in [0.15, 0.2) is 24.3 Å². The van der Waals surface area contributed by atoms with Gasteiger partial charge in [-0.25, -0.2) is 0 Å². The first kappa shape index (κ1) is 15.3. The topological polar surface area (TPSA) is 64.8 Å². The smallest absolute Gasteiger partial charge is 0.222 e. The van der Waals surface area contributed by atoms with Crippen LogP contribution in [0.25, 0.3) is 0 Å². The van der Waals surface area contributed by atoms with Gasteiger partial charge in [-0.1, -0.05) is 12.1 Å². The van der Waals surface area contributed by atoms with Crippen LogP contribution in [0, 0.1) is 0 Å². The molecule has 0 bridgehead atoms. The number of benzene rings is 1. The van der Waals surface area contributed by atoms with Crippen molar-refractivity contribution in [3.05, 3.63) is 24.3 Å². The second-order valence-electron chi connectivity index (χ2n) is 4.21. The molecule has 106 valence electrons. The summed E-state index contributed by atoms with van der Waals surface area (Å²) in [5.41, 5.74) is 5.38. The standard InChI is InChI=1S/C14H22N2O3/c1-16(14(17)8-5-9-15)10-11-19-13-7-4-3-6-12(13)18-2/h3-4,6-7H,5,8-11,15H2,1-2H3. The average Bonchev–Trinajstić information content (AvgIpc) is 2.45. The maximum atomic E-state index is 11.7. The van der Waals surface area contributed by atoms with Crippen LogP contribution in [0.1, 0.15) is 12.8 Å². The van der Waals surface area contributed by atoms with Crippen molar-refractivity contribution in [1.82, 2.24) is 4.90 Å². The second-order valence-corrected chi connectivity index (χ2v) is 4.21. The van der Waals surface area contributed by atoms with Gasteiger partial charge in [0.1, 0.15) is 6.61 Å². The molecule has 1 aromatic rings. The maximum absolute atomic E-state index is 11.7. The fourth-order valence-electron chi connectivity index (χ4n) is 1.60. The minimum absolute atomic E-state index is 0.0917. The quantitative estimate of drug-likeness (QED) is 0.769. The van der Waals surface area contributed by atoms with Crippen LogP contribution in [0.4, 0.5) is 0 Å². The van der Waals surface area contributed by atoms with Gasteiger partial charge in [-0.15, -0.1) is 0 Å². The Kier molecular flexibility index (Phi) is 6.74. The summed E-state index contributed by atoms with van der Waals surface area (Å²) in [5.74, 6) is 1.47. The second kappa shape index (κ2) is 8.37. The number of amides is 1. The molecule has 0 unspecified atom stereocenters. The Hall–Kier alpha value is -1.75. The zero-order chi connectivity index (χ0) is 14.1. The normalized spacial score (nSPS) is 10.1. The highest BCUT2D eigenvalue weighted by molar-refractivity contribution is 5.75. The Bertz CT molecular complexity index is 396. The molecule has 0 saturated carbocycles. The Morgan fingerprint density at radius 2 is 2.00 bits per heavy atom. The van der Waals surface area contributed by atoms with Gasteiger partial charge in [0.15, 0.2) is 11.5 Å². The van der Waals surface area contributed by atoms with Gasteiger partial charge in [0.2, 0.25) is 5.91 Å². The van der Waals surface area contributed by atoms with Gasteiger partial charge in [-0.05, 0) is 25.1 Å². The zero-order valence-corrected chi connectivity index (χ0v) is 11.6. The molecule has 1 aromatic carbocycles. The SMILES string of the molecule is COc1ccccc1OCCN(C)C(=O)CCCN. The summed E-state index contributed by atoms with van der Waals surface area (Å²) in [5, 5.41) is 0. The lowest BCUT2D eigenvalue weighted by molar-refractivity contribution is -0.130. The molecule has 0 atom stereocenters. The molecule has 0 aliphatic heterocycles. The maximum Gasteiger partial charge on any atom is 0.222 e. The summed E-state index contributed by atoms with van der Waals surface area (Å²) in [6.07, 6.45) is 1.21. The van der Waals surface area contributed by atoms with E-state index in [1.807, 2.05) is 24.3 Å². The number of methoxy groups -OCH3 is 1. The van der Waals surface area contributed by atoms with E-state index in [9.17, 15) is 4.79 Å². The lowest BCUT2D eigenvalue weighted by Crippen LogP contribution is -2.31. The van der Waals surface area contributed by atoms with E-state index < -0.39 is 0 Å². The number of hydrogen-bond acceptors (Lipinski definition) is 4. The molecule has 0 saturated heterocycles. The average molecular weight is 266 g/mol. The molecular formula is C14H22N2O3. The van der Waals surface area contributed by atoms with E-state index in [-0.39, 0.29) is 5.91 Å². The van der Waals surface area contributed by atoms with Gasteiger partial charge in [0.25, 0.3) is 0 Å². The Balaban J connectivity index is 2.35. The van der Waals surface area contributed by atoms with E-state index in [1.165, 1.54) is 0 Å². The molecule has 5 heteroatoms.